The van der Waals surface area contributed by atoms with Crippen molar-refractivity contribution in [3.8, 4) is 11.4 Å². The number of anilines is 1. The minimum absolute atomic E-state index is 0.0152. The first-order chi connectivity index (χ1) is 16.0. The first-order valence-electron chi connectivity index (χ1n) is 10.6. The van der Waals surface area contributed by atoms with Crippen LogP contribution >= 0.6 is 0 Å². The molecule has 168 valence electrons. The highest BCUT2D eigenvalue weighted by Crippen LogP contribution is 2.26. The van der Waals surface area contributed by atoms with Gasteiger partial charge in [-0.25, -0.2) is 4.39 Å². The molecule has 33 heavy (non-hydrogen) atoms. The van der Waals surface area contributed by atoms with Crippen molar-refractivity contribution in [2.75, 3.05) is 18.1 Å². The molecule has 4 aromatic rings. The van der Waals surface area contributed by atoms with Crippen LogP contribution in [-0.2, 0) is 20.7 Å². The molecule has 0 saturated carbocycles. The summed E-state index contributed by atoms with van der Waals surface area (Å²) in [6, 6.07) is 19.2. The number of aromatic nitrogens is 2. The normalized spacial score (nSPS) is 10.8. The van der Waals surface area contributed by atoms with Gasteiger partial charge >= 0.3 is 5.97 Å². The van der Waals surface area contributed by atoms with Crippen LogP contribution in [0.2, 0.25) is 0 Å². The Balaban J connectivity index is 1.32. The number of fused-ring (bicyclic) bond motifs is 1. The third kappa shape index (κ3) is 5.23. The molecule has 4 rings (SSSR count). The number of aryl methyl sites for hydroxylation is 1. The molecular weight excluding hydrogens is 425 g/mol. The monoisotopic (exact) mass is 447 g/mol. The van der Waals surface area contributed by atoms with Gasteiger partial charge in [-0.2, -0.15) is 4.98 Å². The standard InChI is InChI=1S/C25H22FN3O4/c1-2-29(21-9-5-7-17-6-3-4-8-20(17)21)23(30)16-32-24(31)15-14-22-27-25(28-33-22)18-10-12-19(26)13-11-18/h3-13H,2,14-16H2,1H3. The number of halogens is 1. The molecule has 0 aliphatic rings. The Morgan fingerprint density at radius 3 is 2.58 bits per heavy atom. The maximum Gasteiger partial charge on any atom is 0.306 e. The molecule has 8 heteroatoms. The molecular formula is C25H22FN3O4. The van der Waals surface area contributed by atoms with Crippen molar-refractivity contribution in [1.29, 1.82) is 0 Å². The molecule has 0 radical (unpaired) electrons. The zero-order valence-electron chi connectivity index (χ0n) is 18.0. The van der Waals surface area contributed by atoms with E-state index in [2.05, 4.69) is 10.1 Å². The summed E-state index contributed by atoms with van der Waals surface area (Å²) < 4.78 is 23.4. The van der Waals surface area contributed by atoms with E-state index in [1.54, 1.807) is 17.0 Å². The summed E-state index contributed by atoms with van der Waals surface area (Å²) in [5, 5.41) is 5.82. The maximum atomic E-state index is 13.0. The van der Waals surface area contributed by atoms with Crippen molar-refractivity contribution >= 4 is 28.3 Å². The van der Waals surface area contributed by atoms with E-state index in [9.17, 15) is 14.0 Å². The third-order valence-electron chi connectivity index (χ3n) is 5.14. The first-order valence-corrected chi connectivity index (χ1v) is 10.6. The molecule has 7 nitrogen and oxygen atoms in total. The predicted octanol–water partition coefficient (Wildman–Crippen LogP) is 4.56. The van der Waals surface area contributed by atoms with Crippen molar-refractivity contribution in [2.24, 2.45) is 0 Å². The van der Waals surface area contributed by atoms with E-state index < -0.39 is 5.97 Å². The van der Waals surface area contributed by atoms with E-state index in [4.69, 9.17) is 9.26 Å². The van der Waals surface area contributed by atoms with Crippen molar-refractivity contribution in [3.63, 3.8) is 0 Å². The number of likely N-dealkylation sites (N-methyl/N-ethyl adjacent to an activating group) is 1. The number of ether oxygens (including phenoxy) is 1. The zero-order valence-corrected chi connectivity index (χ0v) is 18.0. The lowest BCUT2D eigenvalue weighted by Gasteiger charge is -2.22. The van der Waals surface area contributed by atoms with Crippen molar-refractivity contribution in [1.82, 2.24) is 10.1 Å². The molecule has 0 aliphatic carbocycles. The van der Waals surface area contributed by atoms with Gasteiger partial charge in [0.05, 0.1) is 12.1 Å². The second-order valence-corrected chi connectivity index (χ2v) is 7.32. The van der Waals surface area contributed by atoms with Crippen LogP contribution in [-0.4, -0.2) is 35.2 Å². The third-order valence-corrected chi connectivity index (χ3v) is 5.14. The number of benzene rings is 3. The Morgan fingerprint density at radius 1 is 1.03 bits per heavy atom. The number of carbonyl (C=O) groups excluding carboxylic acids is 2. The highest BCUT2D eigenvalue weighted by molar-refractivity contribution is 6.04. The van der Waals surface area contributed by atoms with Gasteiger partial charge in [-0.05, 0) is 42.6 Å². The molecule has 1 aromatic heterocycles. The summed E-state index contributed by atoms with van der Waals surface area (Å²) in [5.41, 5.74) is 1.38. The van der Waals surface area contributed by atoms with Gasteiger partial charge in [0.1, 0.15) is 5.82 Å². The van der Waals surface area contributed by atoms with Crippen LogP contribution in [0, 0.1) is 5.82 Å². The average Bonchev–Trinajstić information content (AvgIpc) is 3.31. The Labute approximate surface area is 189 Å². The van der Waals surface area contributed by atoms with Crippen LogP contribution in [0.5, 0.6) is 0 Å². The second kappa shape index (κ2) is 10.0. The van der Waals surface area contributed by atoms with Crippen LogP contribution in [0.15, 0.2) is 71.3 Å². The van der Waals surface area contributed by atoms with Crippen LogP contribution in [0.4, 0.5) is 10.1 Å². The molecule has 1 amide bonds. The molecule has 3 aromatic carbocycles. The number of carbonyl (C=O) groups is 2. The van der Waals surface area contributed by atoms with E-state index in [1.807, 2.05) is 49.4 Å². The summed E-state index contributed by atoms with van der Waals surface area (Å²) in [6.07, 6.45) is 0.154. The fourth-order valence-electron chi connectivity index (χ4n) is 3.50. The SMILES string of the molecule is CCN(C(=O)COC(=O)CCc1nc(-c2ccc(F)cc2)no1)c1cccc2ccccc12. The zero-order chi connectivity index (χ0) is 23.2. The summed E-state index contributed by atoms with van der Waals surface area (Å²) in [7, 11) is 0. The summed E-state index contributed by atoms with van der Waals surface area (Å²) >= 11 is 0. The highest BCUT2D eigenvalue weighted by atomic mass is 19.1. The van der Waals surface area contributed by atoms with Crippen LogP contribution < -0.4 is 4.90 Å². The molecule has 0 N–H and O–H groups in total. The Morgan fingerprint density at radius 2 is 1.79 bits per heavy atom. The predicted molar refractivity (Wildman–Crippen MR) is 121 cm³/mol. The molecule has 1 heterocycles. The lowest BCUT2D eigenvalue weighted by molar-refractivity contribution is -0.147. The highest BCUT2D eigenvalue weighted by Gasteiger charge is 2.18. The molecule has 0 aliphatic heterocycles. The van der Waals surface area contributed by atoms with Crippen LogP contribution in [0.25, 0.3) is 22.2 Å². The molecule has 0 atom stereocenters. The summed E-state index contributed by atoms with van der Waals surface area (Å²) in [4.78, 5) is 30.7. The Hall–Kier alpha value is -4.07. The Bertz CT molecular complexity index is 1260. The number of hydrogen-bond acceptors (Lipinski definition) is 6. The van der Waals surface area contributed by atoms with Crippen molar-refractivity contribution < 1.29 is 23.2 Å². The van der Waals surface area contributed by atoms with Gasteiger partial charge in [-0.3, -0.25) is 9.59 Å². The van der Waals surface area contributed by atoms with E-state index in [0.29, 0.717) is 17.9 Å². The Kier molecular flexibility index (Phi) is 6.73. The van der Waals surface area contributed by atoms with Gasteiger partial charge in [0.2, 0.25) is 11.7 Å². The first kappa shape index (κ1) is 22.1. The lowest BCUT2D eigenvalue weighted by Crippen LogP contribution is -2.34. The van der Waals surface area contributed by atoms with Gasteiger partial charge in [0, 0.05) is 23.9 Å². The fourth-order valence-corrected chi connectivity index (χ4v) is 3.50. The largest absolute Gasteiger partial charge is 0.456 e. The number of amides is 1. The van der Waals surface area contributed by atoms with Crippen LogP contribution in [0.3, 0.4) is 0 Å². The smallest absolute Gasteiger partial charge is 0.306 e. The van der Waals surface area contributed by atoms with Gasteiger partial charge < -0.3 is 14.2 Å². The second-order valence-electron chi connectivity index (χ2n) is 7.32. The summed E-state index contributed by atoms with van der Waals surface area (Å²) in [5.74, 6) is -0.648. The number of esters is 1. The van der Waals surface area contributed by atoms with Crippen LogP contribution in [0.1, 0.15) is 19.2 Å². The average molecular weight is 447 g/mol. The van der Waals surface area contributed by atoms with Crippen molar-refractivity contribution in [3.05, 3.63) is 78.4 Å². The van der Waals surface area contributed by atoms with E-state index >= 15 is 0 Å². The molecule has 0 fully saturated rings. The van der Waals surface area contributed by atoms with E-state index in [0.717, 1.165) is 16.5 Å². The van der Waals surface area contributed by atoms with E-state index in [1.165, 1.54) is 12.1 Å². The summed E-state index contributed by atoms with van der Waals surface area (Å²) in [6.45, 7) is 1.95. The number of nitrogens with zero attached hydrogens (tertiary/aromatic N) is 3. The topological polar surface area (TPSA) is 85.5 Å². The molecule has 0 unspecified atom stereocenters. The maximum absolute atomic E-state index is 13.0. The van der Waals surface area contributed by atoms with E-state index in [-0.39, 0.29) is 37.1 Å². The van der Waals surface area contributed by atoms with Crippen molar-refractivity contribution in [2.45, 2.75) is 19.8 Å². The number of hydrogen-bond donors (Lipinski definition) is 0. The van der Waals surface area contributed by atoms with Gasteiger partial charge in [0.15, 0.2) is 6.61 Å². The quantitative estimate of drug-likeness (QED) is 0.368. The molecule has 0 saturated heterocycles. The minimum Gasteiger partial charge on any atom is -0.456 e. The van der Waals surface area contributed by atoms with Gasteiger partial charge in [0.25, 0.3) is 5.91 Å². The number of rotatable bonds is 8. The molecule has 0 spiro atoms. The van der Waals surface area contributed by atoms with Gasteiger partial charge in [-0.15, -0.1) is 0 Å². The lowest BCUT2D eigenvalue weighted by atomic mass is 10.1. The fraction of sp³-hybridized carbons (Fsp3) is 0.200. The van der Waals surface area contributed by atoms with Gasteiger partial charge in [-0.1, -0.05) is 41.6 Å². The minimum atomic E-state index is -0.543. The molecule has 0 bridgehead atoms.